The van der Waals surface area contributed by atoms with Gasteiger partial charge in [-0.05, 0) is 38.8 Å². The number of halogens is 7. The van der Waals surface area contributed by atoms with Gasteiger partial charge < -0.3 is 19.8 Å². The van der Waals surface area contributed by atoms with Crippen LogP contribution in [-0.2, 0) is 16.0 Å². The molecule has 0 aliphatic carbocycles. The Hall–Kier alpha value is -2.94. The number of carbonyl (C=O) groups is 2. The number of thiazole rings is 1. The van der Waals surface area contributed by atoms with Crippen molar-refractivity contribution in [1.29, 1.82) is 0 Å². The molecule has 0 amide bonds. The highest BCUT2D eigenvalue weighted by molar-refractivity contribution is 7.11. The SMILES string of the molecule is Cc1nc(CCN2CCC(Oc3cccc(F)c3)CC2)c(C)s1.O=C(O)C(F)(F)F.O=C(O)C(F)(F)F. The van der Waals surface area contributed by atoms with Crippen LogP contribution in [0.5, 0.6) is 5.75 Å². The quantitative estimate of drug-likeness (QED) is 0.480. The number of likely N-dealkylation sites (tertiary alicyclic amines) is 1. The number of carboxylic acids is 2. The molecule has 0 bridgehead atoms. The van der Waals surface area contributed by atoms with Crippen molar-refractivity contribution in [3.63, 3.8) is 0 Å². The highest BCUT2D eigenvalue weighted by Gasteiger charge is 2.38. The summed E-state index contributed by atoms with van der Waals surface area (Å²) in [5.74, 6) is -5.12. The van der Waals surface area contributed by atoms with E-state index in [9.17, 15) is 30.7 Å². The molecule has 2 aromatic rings. The molecule has 1 saturated heterocycles. The van der Waals surface area contributed by atoms with Crippen molar-refractivity contribution in [2.24, 2.45) is 0 Å². The Morgan fingerprint density at radius 3 is 1.97 bits per heavy atom. The van der Waals surface area contributed by atoms with E-state index in [1.807, 2.05) is 6.07 Å². The number of aliphatic carboxylic acids is 2. The Kier molecular flexibility index (Phi) is 12.2. The summed E-state index contributed by atoms with van der Waals surface area (Å²) in [4.78, 5) is 26.2. The summed E-state index contributed by atoms with van der Waals surface area (Å²) in [6.45, 7) is 7.33. The molecule has 0 atom stereocenters. The summed E-state index contributed by atoms with van der Waals surface area (Å²) in [7, 11) is 0. The predicted molar refractivity (Wildman–Crippen MR) is 119 cm³/mol. The molecule has 208 valence electrons. The zero-order chi connectivity index (χ0) is 28.4. The fourth-order valence-corrected chi connectivity index (χ4v) is 3.92. The number of aromatic nitrogens is 1. The van der Waals surface area contributed by atoms with Gasteiger partial charge in [0, 0.05) is 37.0 Å². The first-order valence-corrected chi connectivity index (χ1v) is 11.5. The summed E-state index contributed by atoms with van der Waals surface area (Å²) >= 11 is 1.78. The number of carboxylic acid groups (broad SMARTS) is 2. The van der Waals surface area contributed by atoms with Crippen LogP contribution in [-0.4, -0.2) is 70.1 Å². The lowest BCUT2D eigenvalue weighted by molar-refractivity contribution is -0.193. The van der Waals surface area contributed by atoms with E-state index in [1.54, 1.807) is 17.4 Å². The molecular weight excluding hydrogens is 537 g/mol. The van der Waals surface area contributed by atoms with Gasteiger partial charge in [0.25, 0.3) is 0 Å². The molecule has 37 heavy (non-hydrogen) atoms. The fourth-order valence-electron chi connectivity index (χ4n) is 3.05. The van der Waals surface area contributed by atoms with Crippen molar-refractivity contribution in [2.45, 2.75) is 51.6 Å². The molecule has 0 radical (unpaired) electrons. The minimum absolute atomic E-state index is 0.191. The minimum atomic E-state index is -5.08. The number of nitrogens with zero attached hydrogens (tertiary/aromatic N) is 2. The summed E-state index contributed by atoms with van der Waals surface area (Å²) in [6.07, 6.45) is -6.97. The summed E-state index contributed by atoms with van der Waals surface area (Å²) < 4.78 is 82.6. The Balaban J connectivity index is 0.000000404. The second-order valence-corrected chi connectivity index (χ2v) is 9.12. The molecule has 2 N–H and O–H groups in total. The lowest BCUT2D eigenvalue weighted by atomic mass is 10.1. The van der Waals surface area contributed by atoms with Gasteiger partial charge in [-0.2, -0.15) is 26.3 Å². The average molecular weight is 563 g/mol. The normalized spacial score (nSPS) is 14.6. The third-order valence-electron chi connectivity index (χ3n) is 4.78. The van der Waals surface area contributed by atoms with Gasteiger partial charge in [-0.15, -0.1) is 11.3 Å². The number of rotatable bonds is 5. The molecule has 1 fully saturated rings. The van der Waals surface area contributed by atoms with Gasteiger partial charge in [0.15, 0.2) is 0 Å². The highest BCUT2D eigenvalue weighted by atomic mass is 32.1. The van der Waals surface area contributed by atoms with E-state index in [2.05, 4.69) is 23.7 Å². The van der Waals surface area contributed by atoms with Crippen molar-refractivity contribution >= 4 is 23.3 Å². The second-order valence-electron chi connectivity index (χ2n) is 7.71. The van der Waals surface area contributed by atoms with Gasteiger partial charge in [-0.3, -0.25) is 0 Å². The molecule has 0 saturated carbocycles. The van der Waals surface area contributed by atoms with Gasteiger partial charge in [0.2, 0.25) is 0 Å². The number of hydrogen-bond acceptors (Lipinski definition) is 6. The van der Waals surface area contributed by atoms with Crippen molar-refractivity contribution in [1.82, 2.24) is 9.88 Å². The zero-order valence-electron chi connectivity index (χ0n) is 19.7. The number of piperidine rings is 1. The lowest BCUT2D eigenvalue weighted by Crippen LogP contribution is -2.39. The molecule has 0 unspecified atom stereocenters. The largest absolute Gasteiger partial charge is 0.490 e. The predicted octanol–water partition coefficient (Wildman–Crippen LogP) is 5.25. The third-order valence-corrected chi connectivity index (χ3v) is 5.71. The summed E-state index contributed by atoms with van der Waals surface area (Å²) in [5.41, 5.74) is 1.24. The molecule has 1 aliphatic heterocycles. The van der Waals surface area contributed by atoms with Crippen LogP contribution in [0.2, 0.25) is 0 Å². The summed E-state index contributed by atoms with van der Waals surface area (Å²) in [5, 5.41) is 15.4. The molecule has 1 aliphatic rings. The molecule has 0 spiro atoms. The van der Waals surface area contributed by atoms with Crippen LogP contribution in [0.15, 0.2) is 24.3 Å². The molecule has 1 aromatic carbocycles. The van der Waals surface area contributed by atoms with E-state index in [0.717, 1.165) is 43.9 Å². The molecular formula is C22H25F7N2O5S. The van der Waals surface area contributed by atoms with Crippen LogP contribution in [0.1, 0.15) is 28.4 Å². The van der Waals surface area contributed by atoms with Gasteiger partial charge in [-0.25, -0.2) is 19.0 Å². The van der Waals surface area contributed by atoms with E-state index < -0.39 is 24.3 Å². The van der Waals surface area contributed by atoms with Crippen molar-refractivity contribution in [3.8, 4) is 5.75 Å². The maximum Gasteiger partial charge on any atom is 0.490 e. The van der Waals surface area contributed by atoms with E-state index in [-0.39, 0.29) is 11.9 Å². The first-order valence-electron chi connectivity index (χ1n) is 10.7. The molecule has 7 nitrogen and oxygen atoms in total. The fraction of sp³-hybridized carbons (Fsp3) is 0.500. The third kappa shape index (κ3) is 12.7. The van der Waals surface area contributed by atoms with E-state index in [0.29, 0.717) is 5.75 Å². The smallest absolute Gasteiger partial charge is 0.490 e. The number of alkyl halides is 6. The van der Waals surface area contributed by atoms with Crippen molar-refractivity contribution < 1.29 is 55.3 Å². The molecule has 3 rings (SSSR count). The van der Waals surface area contributed by atoms with Crippen LogP contribution in [0.25, 0.3) is 0 Å². The van der Waals surface area contributed by atoms with Crippen LogP contribution in [0, 0.1) is 19.7 Å². The summed E-state index contributed by atoms with van der Waals surface area (Å²) in [6, 6.07) is 6.41. The standard InChI is InChI=1S/C18H23FN2OS.2C2HF3O2/c1-13-18(20-14(2)23-13)8-11-21-9-6-16(7-10-21)22-17-5-3-4-15(19)12-17;2*3-2(4,5)1(6)7/h3-5,12,16H,6-11H2,1-2H3;2*(H,6,7). The van der Waals surface area contributed by atoms with Crippen LogP contribution < -0.4 is 4.74 Å². The average Bonchev–Trinajstić information content (AvgIpc) is 3.09. The van der Waals surface area contributed by atoms with E-state index >= 15 is 0 Å². The van der Waals surface area contributed by atoms with Gasteiger partial charge in [-0.1, -0.05) is 6.07 Å². The number of aryl methyl sites for hydroxylation is 2. The number of benzene rings is 1. The second kappa shape index (κ2) is 14.1. The van der Waals surface area contributed by atoms with Crippen LogP contribution in [0.3, 0.4) is 0 Å². The van der Waals surface area contributed by atoms with E-state index in [1.165, 1.54) is 22.7 Å². The first kappa shape index (κ1) is 32.1. The lowest BCUT2D eigenvalue weighted by Gasteiger charge is -2.32. The molecule has 15 heteroatoms. The molecule has 2 heterocycles. The van der Waals surface area contributed by atoms with Crippen LogP contribution in [0.4, 0.5) is 30.7 Å². The van der Waals surface area contributed by atoms with Gasteiger partial charge in [0.1, 0.15) is 17.7 Å². The molecule has 1 aromatic heterocycles. The Labute approximate surface area is 211 Å². The first-order chi connectivity index (χ1) is 17.0. The topological polar surface area (TPSA) is 100.0 Å². The van der Waals surface area contributed by atoms with Gasteiger partial charge >= 0.3 is 24.3 Å². The maximum absolute atomic E-state index is 13.2. The monoisotopic (exact) mass is 562 g/mol. The van der Waals surface area contributed by atoms with E-state index in [4.69, 9.17) is 24.5 Å². The minimum Gasteiger partial charge on any atom is -0.490 e. The Bertz CT molecular complexity index is 996. The highest BCUT2D eigenvalue weighted by Crippen LogP contribution is 2.21. The van der Waals surface area contributed by atoms with Gasteiger partial charge in [0.05, 0.1) is 10.7 Å². The van der Waals surface area contributed by atoms with Crippen LogP contribution >= 0.6 is 11.3 Å². The Morgan fingerprint density at radius 2 is 1.57 bits per heavy atom. The Morgan fingerprint density at radius 1 is 1.05 bits per heavy atom. The number of hydrogen-bond donors (Lipinski definition) is 2. The number of ether oxygens (including phenoxy) is 1. The zero-order valence-corrected chi connectivity index (χ0v) is 20.5. The maximum atomic E-state index is 13.2. The van der Waals surface area contributed by atoms with Crippen molar-refractivity contribution in [2.75, 3.05) is 19.6 Å². The van der Waals surface area contributed by atoms with Crippen molar-refractivity contribution in [3.05, 3.63) is 45.7 Å².